The number of rotatable bonds is 7. The van der Waals surface area contributed by atoms with E-state index in [2.05, 4.69) is 204 Å². The molecule has 0 fully saturated rings. The maximum Gasteiger partial charge on any atom is 0.136 e. The third-order valence-electron chi connectivity index (χ3n) is 13.1. The minimum Gasteiger partial charge on any atom is -0.456 e. The van der Waals surface area contributed by atoms with Gasteiger partial charge in [0.15, 0.2) is 0 Å². The fourth-order valence-electron chi connectivity index (χ4n) is 10.2. The Hall–Kier alpha value is -8.80. The lowest BCUT2D eigenvalue weighted by atomic mass is 9.90. The molecule has 0 saturated heterocycles. The molecule has 0 saturated carbocycles. The Kier molecular flexibility index (Phi) is 7.62. The summed E-state index contributed by atoms with van der Waals surface area (Å²) in [5.74, 6) is 1.72. The zero-order valence-electron chi connectivity index (χ0n) is 34.9. The molecule has 65 heavy (non-hydrogen) atoms. The van der Waals surface area contributed by atoms with Gasteiger partial charge in [-0.2, -0.15) is 0 Å². The van der Waals surface area contributed by atoms with Crippen LogP contribution >= 0.6 is 0 Å². The first-order valence-electron chi connectivity index (χ1n) is 22.0. The molecule has 11 aromatic carbocycles. The second kappa shape index (κ2) is 13.9. The van der Waals surface area contributed by atoms with Gasteiger partial charge in [0.05, 0.1) is 5.69 Å². The van der Waals surface area contributed by atoms with Crippen LogP contribution < -0.4 is 14.5 Å². The summed E-state index contributed by atoms with van der Waals surface area (Å²) in [7, 11) is 0. The van der Waals surface area contributed by atoms with Gasteiger partial charge in [-0.1, -0.05) is 109 Å². The van der Waals surface area contributed by atoms with Crippen molar-refractivity contribution in [3.05, 3.63) is 218 Å². The van der Waals surface area contributed by atoms with Crippen molar-refractivity contribution in [3.8, 4) is 22.6 Å². The molecule has 0 spiro atoms. The van der Waals surface area contributed by atoms with Crippen molar-refractivity contribution in [2.45, 2.75) is 0 Å². The largest absolute Gasteiger partial charge is 0.456 e. The SMILES string of the molecule is c1ccc(N(c2ccc(-c3cc4c5c(ccc6cc(N(c7ccccc7)c7ccc8oc9ccccc9c8c7)c7cccc(c7c65)O4)c3)cc2)c2ccc3oc4ccccc4c3c2)cc1. The number of anilines is 6. The van der Waals surface area contributed by atoms with Crippen molar-refractivity contribution in [1.82, 2.24) is 0 Å². The summed E-state index contributed by atoms with van der Waals surface area (Å²) in [6, 6.07) is 77.3. The molecular weight excluding hydrogens is 797 g/mol. The minimum absolute atomic E-state index is 0.854. The van der Waals surface area contributed by atoms with Crippen molar-refractivity contribution in [2.24, 2.45) is 0 Å². The number of furan rings is 2. The standard InChI is InChI=1S/C60H36N2O3/c1-3-12-41(13-4-1)61(44-28-30-54-49(35-44)46-16-7-9-19-52(46)63-54)43-26-24-37(25-27-43)40-32-38-22-23-39-33-51(48-18-11-21-56-60(48)59(39)58(38)57(34-40)65-56)62(42-14-5-2-6-15-42)45-29-31-55-50(36-45)47-17-8-10-20-53(47)64-55/h1-36H. The Labute approximate surface area is 373 Å². The van der Waals surface area contributed by atoms with Gasteiger partial charge < -0.3 is 23.4 Å². The average Bonchev–Trinajstić information content (AvgIpc) is 3.93. The molecule has 0 amide bonds. The van der Waals surface area contributed by atoms with E-state index < -0.39 is 0 Å². The molecule has 5 nitrogen and oxygen atoms in total. The van der Waals surface area contributed by atoms with E-state index in [9.17, 15) is 0 Å². The molecule has 0 atom stereocenters. The van der Waals surface area contributed by atoms with Crippen molar-refractivity contribution in [1.29, 1.82) is 0 Å². The lowest BCUT2D eigenvalue weighted by molar-refractivity contribution is 0.493. The van der Waals surface area contributed by atoms with Crippen LogP contribution in [0.15, 0.2) is 227 Å². The molecule has 304 valence electrons. The summed E-state index contributed by atoms with van der Waals surface area (Å²) in [5.41, 5.74) is 12.1. The summed E-state index contributed by atoms with van der Waals surface area (Å²) < 4.78 is 19.4. The number of hydrogen-bond donors (Lipinski definition) is 0. The number of para-hydroxylation sites is 4. The number of ether oxygens (including phenoxy) is 1. The number of benzene rings is 11. The molecule has 2 aromatic heterocycles. The molecule has 0 aliphatic carbocycles. The summed E-state index contributed by atoms with van der Waals surface area (Å²) in [4.78, 5) is 4.67. The van der Waals surface area contributed by atoms with Crippen LogP contribution in [0.3, 0.4) is 0 Å². The highest BCUT2D eigenvalue weighted by Crippen LogP contribution is 2.52. The molecule has 1 aliphatic rings. The molecule has 3 heterocycles. The van der Waals surface area contributed by atoms with Crippen LogP contribution in [-0.2, 0) is 0 Å². The van der Waals surface area contributed by atoms with E-state index in [0.29, 0.717) is 0 Å². The minimum atomic E-state index is 0.854. The second-order valence-corrected chi connectivity index (χ2v) is 16.9. The van der Waals surface area contributed by atoms with Gasteiger partial charge in [-0.25, -0.2) is 0 Å². The Morgan fingerprint density at radius 1 is 0.277 bits per heavy atom. The average molecular weight is 833 g/mol. The maximum absolute atomic E-state index is 6.98. The summed E-state index contributed by atoms with van der Waals surface area (Å²) in [5, 5.41) is 11.3. The summed E-state index contributed by atoms with van der Waals surface area (Å²) >= 11 is 0. The normalized spacial score (nSPS) is 12.1. The first-order valence-corrected chi connectivity index (χ1v) is 22.0. The van der Waals surface area contributed by atoms with Crippen molar-refractivity contribution < 1.29 is 13.6 Å². The van der Waals surface area contributed by atoms with E-state index in [1.807, 2.05) is 24.3 Å². The van der Waals surface area contributed by atoms with Gasteiger partial charge in [-0.15, -0.1) is 0 Å². The highest BCUT2D eigenvalue weighted by atomic mass is 16.5. The van der Waals surface area contributed by atoms with E-state index in [1.165, 1.54) is 5.39 Å². The molecule has 5 heteroatoms. The summed E-state index contributed by atoms with van der Waals surface area (Å²) in [6.45, 7) is 0. The quantitative estimate of drug-likeness (QED) is 0.150. The third-order valence-corrected chi connectivity index (χ3v) is 13.1. The van der Waals surface area contributed by atoms with Gasteiger partial charge in [0.25, 0.3) is 0 Å². The summed E-state index contributed by atoms with van der Waals surface area (Å²) in [6.07, 6.45) is 0. The topological polar surface area (TPSA) is 42.0 Å². The van der Waals surface area contributed by atoms with Crippen molar-refractivity contribution in [2.75, 3.05) is 9.80 Å². The van der Waals surface area contributed by atoms with Crippen LogP contribution in [0.5, 0.6) is 11.5 Å². The predicted octanol–water partition coefficient (Wildman–Crippen LogP) is 17.7. The molecule has 0 unspecified atom stereocenters. The Morgan fingerprint density at radius 3 is 1.46 bits per heavy atom. The molecular formula is C60H36N2O3. The zero-order valence-corrected chi connectivity index (χ0v) is 34.9. The van der Waals surface area contributed by atoms with Crippen LogP contribution in [-0.4, -0.2) is 0 Å². The van der Waals surface area contributed by atoms with Crippen LogP contribution in [0.2, 0.25) is 0 Å². The number of nitrogens with zero attached hydrogens (tertiary/aromatic N) is 2. The first-order chi connectivity index (χ1) is 32.2. The van der Waals surface area contributed by atoms with Crippen LogP contribution in [0, 0.1) is 0 Å². The van der Waals surface area contributed by atoms with E-state index in [-0.39, 0.29) is 0 Å². The molecule has 13 aromatic rings. The smallest absolute Gasteiger partial charge is 0.136 e. The van der Waals surface area contributed by atoms with E-state index >= 15 is 0 Å². The molecule has 0 bridgehead atoms. The van der Waals surface area contributed by atoms with E-state index in [4.69, 9.17) is 13.6 Å². The Morgan fingerprint density at radius 2 is 0.800 bits per heavy atom. The van der Waals surface area contributed by atoms with Crippen LogP contribution in [0.1, 0.15) is 0 Å². The number of hydrogen-bond acceptors (Lipinski definition) is 5. The Bertz CT molecular complexity index is 4040. The van der Waals surface area contributed by atoms with Crippen LogP contribution in [0.4, 0.5) is 34.1 Å². The van der Waals surface area contributed by atoms with E-state index in [1.54, 1.807) is 0 Å². The molecule has 1 aliphatic heterocycles. The van der Waals surface area contributed by atoms with Gasteiger partial charge in [0.1, 0.15) is 33.8 Å². The maximum atomic E-state index is 6.98. The highest BCUT2D eigenvalue weighted by Gasteiger charge is 2.26. The first kappa shape index (κ1) is 35.8. The van der Waals surface area contributed by atoms with Gasteiger partial charge >= 0.3 is 0 Å². The fraction of sp³-hybridized carbons (Fsp3) is 0. The van der Waals surface area contributed by atoms with Crippen molar-refractivity contribution >= 4 is 110 Å². The Balaban J connectivity index is 0.888. The van der Waals surface area contributed by atoms with Crippen molar-refractivity contribution in [3.63, 3.8) is 0 Å². The third kappa shape index (κ3) is 5.52. The highest BCUT2D eigenvalue weighted by molar-refractivity contribution is 6.28. The van der Waals surface area contributed by atoms with Gasteiger partial charge in [-0.05, 0) is 131 Å². The van der Waals surface area contributed by atoms with Crippen LogP contribution in [0.25, 0.3) is 87.3 Å². The molecule has 14 rings (SSSR count). The molecule has 0 radical (unpaired) electrons. The lowest BCUT2D eigenvalue weighted by Gasteiger charge is -2.29. The monoisotopic (exact) mass is 832 g/mol. The number of fused-ring (bicyclic) bond motifs is 6. The second-order valence-electron chi connectivity index (χ2n) is 16.9. The van der Waals surface area contributed by atoms with Gasteiger partial charge in [0, 0.05) is 71.5 Å². The predicted molar refractivity (Wildman–Crippen MR) is 268 cm³/mol. The van der Waals surface area contributed by atoms with Gasteiger partial charge in [-0.3, -0.25) is 0 Å². The fourth-order valence-corrected chi connectivity index (χ4v) is 10.2. The van der Waals surface area contributed by atoms with Gasteiger partial charge in [0.2, 0.25) is 0 Å². The van der Waals surface area contributed by atoms with E-state index in [0.717, 1.165) is 128 Å². The molecule has 0 N–H and O–H groups in total. The lowest BCUT2D eigenvalue weighted by Crippen LogP contribution is -2.11. The zero-order chi connectivity index (χ0) is 42.6.